The van der Waals surface area contributed by atoms with Gasteiger partial charge in [-0.3, -0.25) is 0 Å². The molecule has 2 N–H and O–H groups in total. The molecule has 13 heavy (non-hydrogen) atoms. The van der Waals surface area contributed by atoms with Crippen LogP contribution >= 0.6 is 11.3 Å². The molecule has 2 nitrogen and oxygen atoms in total. The summed E-state index contributed by atoms with van der Waals surface area (Å²) in [6.45, 7) is 2.10. The van der Waals surface area contributed by atoms with Crippen molar-refractivity contribution < 1.29 is 4.42 Å². The van der Waals surface area contributed by atoms with Crippen LogP contribution in [0.5, 0.6) is 0 Å². The maximum absolute atomic E-state index is 5.83. The number of hydrogen-bond donors (Lipinski definition) is 1. The van der Waals surface area contributed by atoms with E-state index in [0.29, 0.717) is 0 Å². The Kier molecular flexibility index (Phi) is 2.10. The minimum atomic E-state index is 0.897. The van der Waals surface area contributed by atoms with E-state index in [1.165, 1.54) is 5.56 Å². The number of anilines is 1. The van der Waals surface area contributed by atoms with E-state index >= 15 is 0 Å². The summed E-state index contributed by atoms with van der Waals surface area (Å²) in [4.78, 5) is 0. The summed E-state index contributed by atoms with van der Waals surface area (Å²) < 4.78 is 5.33. The first-order valence-electron chi connectivity index (χ1n) is 4.22. The van der Waals surface area contributed by atoms with E-state index in [1.54, 1.807) is 17.6 Å². The minimum absolute atomic E-state index is 0.897. The zero-order valence-electron chi connectivity index (χ0n) is 7.41. The van der Waals surface area contributed by atoms with Gasteiger partial charge in [0, 0.05) is 10.9 Å². The largest absolute Gasteiger partial charge is 0.464 e. The van der Waals surface area contributed by atoms with E-state index < -0.39 is 0 Å². The molecule has 3 heteroatoms. The third-order valence-electron chi connectivity index (χ3n) is 2.07. The predicted octanol–water partition coefficient (Wildman–Crippen LogP) is 3.15. The fourth-order valence-corrected chi connectivity index (χ4v) is 2.30. The van der Waals surface area contributed by atoms with Crippen molar-refractivity contribution >= 4 is 16.3 Å². The summed E-state index contributed by atoms with van der Waals surface area (Å²) in [5, 5.41) is 2.95. The van der Waals surface area contributed by atoms with Crippen molar-refractivity contribution in [3.63, 3.8) is 0 Å². The Hall–Kier alpha value is -1.22. The first-order chi connectivity index (χ1) is 6.33. The van der Waals surface area contributed by atoms with Crippen LogP contribution in [0.2, 0.25) is 0 Å². The second-order valence-electron chi connectivity index (χ2n) is 2.82. The van der Waals surface area contributed by atoms with Crippen molar-refractivity contribution in [2.45, 2.75) is 13.3 Å². The first-order valence-corrected chi connectivity index (χ1v) is 5.10. The monoisotopic (exact) mass is 193 g/mol. The average molecular weight is 193 g/mol. The van der Waals surface area contributed by atoms with Gasteiger partial charge in [-0.15, -0.1) is 11.3 Å². The van der Waals surface area contributed by atoms with Gasteiger partial charge in [0.05, 0.1) is 11.3 Å². The molecule has 0 bridgehead atoms. The van der Waals surface area contributed by atoms with Gasteiger partial charge in [0.15, 0.2) is 0 Å². The third-order valence-corrected chi connectivity index (χ3v) is 2.92. The van der Waals surface area contributed by atoms with Crippen molar-refractivity contribution in [3.05, 3.63) is 29.3 Å². The van der Waals surface area contributed by atoms with Crippen LogP contribution in [0.1, 0.15) is 12.5 Å². The van der Waals surface area contributed by atoms with Crippen molar-refractivity contribution in [3.8, 4) is 11.3 Å². The van der Waals surface area contributed by atoms with Gasteiger partial charge in [0.25, 0.3) is 0 Å². The summed E-state index contributed by atoms with van der Waals surface area (Å²) in [6.07, 6.45) is 2.63. The average Bonchev–Trinajstić information content (AvgIpc) is 2.71. The van der Waals surface area contributed by atoms with Gasteiger partial charge in [0.2, 0.25) is 0 Å². The van der Waals surface area contributed by atoms with E-state index in [-0.39, 0.29) is 0 Å². The molecule has 0 amide bonds. The van der Waals surface area contributed by atoms with Crippen molar-refractivity contribution in [2.24, 2.45) is 0 Å². The molecule has 0 aliphatic carbocycles. The van der Waals surface area contributed by atoms with E-state index in [1.807, 2.05) is 17.5 Å². The molecule has 2 aromatic rings. The molecule has 2 aromatic heterocycles. The Balaban J connectivity index is 2.52. The molecular weight excluding hydrogens is 182 g/mol. The van der Waals surface area contributed by atoms with Crippen molar-refractivity contribution in [1.29, 1.82) is 0 Å². The van der Waals surface area contributed by atoms with Gasteiger partial charge in [-0.05, 0) is 24.1 Å². The summed E-state index contributed by atoms with van der Waals surface area (Å²) in [7, 11) is 0. The van der Waals surface area contributed by atoms with Gasteiger partial charge in [-0.1, -0.05) is 6.92 Å². The van der Waals surface area contributed by atoms with E-state index in [4.69, 9.17) is 10.2 Å². The normalized spacial score (nSPS) is 10.5. The van der Waals surface area contributed by atoms with Gasteiger partial charge < -0.3 is 10.2 Å². The summed E-state index contributed by atoms with van der Waals surface area (Å²) in [5.74, 6) is 0.907. The fourth-order valence-electron chi connectivity index (χ4n) is 1.40. The lowest BCUT2D eigenvalue weighted by Crippen LogP contribution is -1.87. The van der Waals surface area contributed by atoms with Crippen molar-refractivity contribution in [2.75, 3.05) is 5.73 Å². The number of hydrogen-bond acceptors (Lipinski definition) is 3. The van der Waals surface area contributed by atoms with Crippen LogP contribution in [0.4, 0.5) is 5.00 Å². The van der Waals surface area contributed by atoms with Gasteiger partial charge in [-0.25, -0.2) is 0 Å². The highest BCUT2D eigenvalue weighted by Crippen LogP contribution is 2.33. The summed E-state index contributed by atoms with van der Waals surface area (Å²) in [5.41, 5.74) is 8.16. The fraction of sp³-hybridized carbons (Fsp3) is 0.200. The molecule has 2 rings (SSSR count). The second-order valence-corrected chi connectivity index (χ2v) is 3.73. The number of nitrogen functional groups attached to an aromatic ring is 1. The van der Waals surface area contributed by atoms with Crippen LogP contribution in [0.25, 0.3) is 11.3 Å². The lowest BCUT2D eigenvalue weighted by Gasteiger charge is -1.98. The quantitative estimate of drug-likeness (QED) is 0.795. The Morgan fingerprint density at radius 2 is 2.38 bits per heavy atom. The number of nitrogens with two attached hydrogens (primary N) is 1. The predicted molar refractivity (Wildman–Crippen MR) is 55.8 cm³/mol. The topological polar surface area (TPSA) is 39.2 Å². The number of rotatable bonds is 2. The van der Waals surface area contributed by atoms with Crippen LogP contribution < -0.4 is 5.73 Å². The molecule has 0 aliphatic rings. The highest BCUT2D eigenvalue weighted by molar-refractivity contribution is 7.14. The van der Waals surface area contributed by atoms with E-state index in [2.05, 4.69) is 6.92 Å². The Labute approximate surface area is 81.0 Å². The van der Waals surface area contributed by atoms with E-state index in [0.717, 1.165) is 22.7 Å². The molecule has 2 heterocycles. The third kappa shape index (κ3) is 1.35. The SMILES string of the molecule is CCc1c(-c2ccco2)csc1N. The Bertz CT molecular complexity index is 389. The molecule has 0 saturated heterocycles. The maximum atomic E-state index is 5.83. The highest BCUT2D eigenvalue weighted by Gasteiger charge is 2.10. The lowest BCUT2D eigenvalue weighted by molar-refractivity contribution is 0.582. The molecule has 0 aromatic carbocycles. The molecule has 0 radical (unpaired) electrons. The van der Waals surface area contributed by atoms with Crippen LogP contribution in [0, 0.1) is 0 Å². The smallest absolute Gasteiger partial charge is 0.135 e. The van der Waals surface area contributed by atoms with Crippen LogP contribution in [-0.4, -0.2) is 0 Å². The van der Waals surface area contributed by atoms with Crippen molar-refractivity contribution in [1.82, 2.24) is 0 Å². The van der Waals surface area contributed by atoms with Gasteiger partial charge in [0.1, 0.15) is 5.76 Å². The van der Waals surface area contributed by atoms with Gasteiger partial charge >= 0.3 is 0 Å². The van der Waals surface area contributed by atoms with Gasteiger partial charge in [-0.2, -0.15) is 0 Å². The highest BCUT2D eigenvalue weighted by atomic mass is 32.1. The number of thiophene rings is 1. The molecule has 0 atom stereocenters. The minimum Gasteiger partial charge on any atom is -0.464 e. The zero-order valence-corrected chi connectivity index (χ0v) is 8.23. The van der Waals surface area contributed by atoms with Crippen LogP contribution in [-0.2, 0) is 6.42 Å². The summed E-state index contributed by atoms with van der Waals surface area (Å²) in [6, 6.07) is 3.85. The Morgan fingerprint density at radius 1 is 1.54 bits per heavy atom. The maximum Gasteiger partial charge on any atom is 0.135 e. The second kappa shape index (κ2) is 3.26. The Morgan fingerprint density at radius 3 is 3.00 bits per heavy atom. The molecule has 0 fully saturated rings. The molecule has 0 saturated carbocycles. The zero-order chi connectivity index (χ0) is 9.26. The number of furan rings is 1. The standard InChI is InChI=1S/C10H11NOS/c1-2-7-8(6-13-10(7)11)9-4-3-5-12-9/h3-6H,2,11H2,1H3. The molecule has 0 unspecified atom stereocenters. The first kappa shape index (κ1) is 8.38. The lowest BCUT2D eigenvalue weighted by atomic mass is 10.1. The summed E-state index contributed by atoms with van der Waals surface area (Å²) >= 11 is 1.57. The molecule has 0 spiro atoms. The molecule has 68 valence electrons. The molecular formula is C10H11NOS. The van der Waals surface area contributed by atoms with Crippen LogP contribution in [0.15, 0.2) is 28.2 Å². The van der Waals surface area contributed by atoms with E-state index in [9.17, 15) is 0 Å². The van der Waals surface area contributed by atoms with Crippen LogP contribution in [0.3, 0.4) is 0 Å². The molecule has 0 aliphatic heterocycles.